The molecule has 0 aromatic carbocycles. The third kappa shape index (κ3) is 1.55. The van der Waals surface area contributed by atoms with E-state index in [0.29, 0.717) is 0 Å². The van der Waals surface area contributed by atoms with E-state index in [-0.39, 0.29) is 11.8 Å². The van der Waals surface area contributed by atoms with E-state index < -0.39 is 24.1 Å². The lowest BCUT2D eigenvalue weighted by Crippen LogP contribution is -2.44. The fourth-order valence-corrected chi connectivity index (χ4v) is 1.57. The molecule has 12 heavy (non-hydrogen) atoms. The Morgan fingerprint density at radius 2 is 1.92 bits per heavy atom. The maximum atomic E-state index is 9.42. The molecule has 1 aliphatic rings. The van der Waals surface area contributed by atoms with E-state index in [1.54, 1.807) is 0 Å². The maximum absolute atomic E-state index is 9.42. The quantitative estimate of drug-likeness (QED) is 0.533. The van der Waals surface area contributed by atoms with Crippen LogP contribution in [0.4, 0.5) is 0 Å². The van der Waals surface area contributed by atoms with Crippen molar-refractivity contribution in [2.24, 2.45) is 0 Å². The minimum Gasteiger partial charge on any atom is -0.387 e. The second-order valence-corrected chi connectivity index (χ2v) is 3.30. The predicted octanol–water partition coefficient (Wildman–Crippen LogP) is -0.727. The SMILES string of the molecule is OC1[C@@H](O)[C@@H](CCl)O[C@]1(O)CCl. The standard InChI is InChI=1S/C6H10Cl2O4/c7-1-3-4(9)5(10)6(11,2-8)12-3/h3-5,9-11H,1-2H2/t3-,4+,5?,6-/m1/s1. The second-order valence-electron chi connectivity index (χ2n) is 2.72. The van der Waals surface area contributed by atoms with Crippen LogP contribution >= 0.6 is 23.2 Å². The van der Waals surface area contributed by atoms with Crippen molar-refractivity contribution >= 4 is 23.2 Å². The molecular formula is C6H10Cl2O4. The lowest BCUT2D eigenvalue weighted by Gasteiger charge is -2.22. The van der Waals surface area contributed by atoms with Crippen molar-refractivity contribution in [2.45, 2.75) is 24.1 Å². The van der Waals surface area contributed by atoms with Crippen molar-refractivity contribution in [1.29, 1.82) is 0 Å². The Bertz CT molecular complexity index is 168. The van der Waals surface area contributed by atoms with Gasteiger partial charge in [0.15, 0.2) is 0 Å². The van der Waals surface area contributed by atoms with Crippen LogP contribution in [0.25, 0.3) is 0 Å². The van der Waals surface area contributed by atoms with Crippen LogP contribution in [0, 0.1) is 0 Å². The van der Waals surface area contributed by atoms with Crippen LogP contribution in [0.3, 0.4) is 0 Å². The van der Waals surface area contributed by atoms with Crippen molar-refractivity contribution in [2.75, 3.05) is 11.8 Å². The molecule has 6 heteroatoms. The first kappa shape index (κ1) is 10.5. The lowest BCUT2D eigenvalue weighted by atomic mass is 10.1. The molecule has 0 aromatic rings. The molecule has 0 aliphatic carbocycles. The molecule has 1 saturated heterocycles. The zero-order valence-corrected chi connectivity index (χ0v) is 7.66. The zero-order chi connectivity index (χ0) is 9.35. The van der Waals surface area contributed by atoms with Crippen molar-refractivity contribution < 1.29 is 20.1 Å². The van der Waals surface area contributed by atoms with Gasteiger partial charge in [0, 0.05) is 0 Å². The predicted molar refractivity (Wildman–Crippen MR) is 43.3 cm³/mol. The van der Waals surface area contributed by atoms with Crippen LogP contribution in [0.15, 0.2) is 0 Å². The highest BCUT2D eigenvalue weighted by Gasteiger charge is 2.52. The fraction of sp³-hybridized carbons (Fsp3) is 1.00. The van der Waals surface area contributed by atoms with Gasteiger partial charge in [-0.25, -0.2) is 0 Å². The highest BCUT2D eigenvalue weighted by atomic mass is 35.5. The molecule has 4 nitrogen and oxygen atoms in total. The van der Waals surface area contributed by atoms with Crippen LogP contribution in [0.5, 0.6) is 0 Å². The molecule has 0 spiro atoms. The average Bonchev–Trinajstić information content (AvgIpc) is 2.31. The summed E-state index contributed by atoms with van der Waals surface area (Å²) in [5.74, 6) is -2.18. The van der Waals surface area contributed by atoms with Gasteiger partial charge in [0.1, 0.15) is 18.3 Å². The van der Waals surface area contributed by atoms with Crippen LogP contribution in [0.2, 0.25) is 0 Å². The number of rotatable bonds is 2. The van der Waals surface area contributed by atoms with E-state index in [4.69, 9.17) is 27.9 Å². The highest BCUT2D eigenvalue weighted by molar-refractivity contribution is 6.19. The van der Waals surface area contributed by atoms with Crippen LogP contribution in [-0.4, -0.2) is 51.2 Å². The number of aliphatic hydroxyl groups is 3. The van der Waals surface area contributed by atoms with Crippen molar-refractivity contribution in [3.05, 3.63) is 0 Å². The van der Waals surface area contributed by atoms with Crippen LogP contribution in [0.1, 0.15) is 0 Å². The van der Waals surface area contributed by atoms with Gasteiger partial charge in [-0.05, 0) is 0 Å². The summed E-state index contributed by atoms with van der Waals surface area (Å²) in [5.41, 5.74) is 0. The summed E-state index contributed by atoms with van der Waals surface area (Å²) in [6.07, 6.45) is -3.37. The molecule has 0 bridgehead atoms. The fourth-order valence-electron chi connectivity index (χ4n) is 1.11. The summed E-state index contributed by atoms with van der Waals surface area (Å²) in [7, 11) is 0. The monoisotopic (exact) mass is 216 g/mol. The molecule has 1 rings (SSSR count). The van der Waals surface area contributed by atoms with E-state index in [0.717, 1.165) is 0 Å². The minimum atomic E-state index is -1.87. The molecule has 0 amide bonds. The Hall–Kier alpha value is 0.420. The van der Waals surface area contributed by atoms with Crippen molar-refractivity contribution in [3.8, 4) is 0 Å². The lowest BCUT2D eigenvalue weighted by molar-refractivity contribution is -0.209. The normalized spacial score (nSPS) is 48.2. The Kier molecular flexibility index (Phi) is 3.20. The zero-order valence-electron chi connectivity index (χ0n) is 6.15. The molecule has 3 N–H and O–H groups in total. The molecule has 1 unspecified atom stereocenters. The number of halogens is 2. The van der Waals surface area contributed by atoms with Gasteiger partial charge >= 0.3 is 0 Å². The van der Waals surface area contributed by atoms with Gasteiger partial charge in [-0.15, -0.1) is 23.2 Å². The second kappa shape index (κ2) is 3.65. The topological polar surface area (TPSA) is 69.9 Å². The van der Waals surface area contributed by atoms with Gasteiger partial charge in [-0.2, -0.15) is 0 Å². The summed E-state index contributed by atoms with van der Waals surface area (Å²) >= 11 is 10.7. The van der Waals surface area contributed by atoms with Gasteiger partial charge in [0.2, 0.25) is 5.79 Å². The van der Waals surface area contributed by atoms with E-state index >= 15 is 0 Å². The average molecular weight is 217 g/mol. The summed E-state index contributed by atoms with van der Waals surface area (Å²) in [6, 6.07) is 0. The Labute approximate surface area is 79.7 Å². The highest BCUT2D eigenvalue weighted by Crippen LogP contribution is 2.30. The Morgan fingerprint density at radius 3 is 2.17 bits per heavy atom. The molecule has 0 aromatic heterocycles. The molecule has 72 valence electrons. The van der Waals surface area contributed by atoms with Gasteiger partial charge in [0.05, 0.1) is 11.8 Å². The molecule has 1 aliphatic heterocycles. The summed E-state index contributed by atoms with van der Waals surface area (Å²) in [4.78, 5) is 0. The number of aliphatic hydroxyl groups excluding tert-OH is 2. The number of ether oxygens (including phenoxy) is 1. The summed E-state index contributed by atoms with van der Waals surface area (Å²) in [6.45, 7) is 0. The first-order valence-electron chi connectivity index (χ1n) is 3.43. The Balaban J connectivity index is 2.72. The molecule has 4 atom stereocenters. The van der Waals surface area contributed by atoms with Crippen LogP contribution < -0.4 is 0 Å². The third-order valence-corrected chi connectivity index (χ3v) is 2.55. The first-order valence-corrected chi connectivity index (χ1v) is 4.50. The summed E-state index contributed by atoms with van der Waals surface area (Å²) < 4.78 is 4.86. The minimum absolute atomic E-state index is 0.00255. The summed E-state index contributed by atoms with van der Waals surface area (Å²) in [5, 5.41) is 27.9. The molecular weight excluding hydrogens is 207 g/mol. The number of hydrogen-bond donors (Lipinski definition) is 3. The molecule has 0 radical (unpaired) electrons. The van der Waals surface area contributed by atoms with Gasteiger partial charge in [0.25, 0.3) is 0 Å². The third-order valence-electron chi connectivity index (χ3n) is 1.87. The van der Waals surface area contributed by atoms with Crippen molar-refractivity contribution in [3.63, 3.8) is 0 Å². The molecule has 0 saturated carbocycles. The van der Waals surface area contributed by atoms with E-state index in [2.05, 4.69) is 0 Å². The first-order chi connectivity index (χ1) is 5.55. The number of alkyl halides is 2. The van der Waals surface area contributed by atoms with Crippen LogP contribution in [-0.2, 0) is 4.74 Å². The van der Waals surface area contributed by atoms with E-state index in [9.17, 15) is 15.3 Å². The maximum Gasteiger partial charge on any atom is 0.209 e. The molecule has 1 heterocycles. The van der Waals surface area contributed by atoms with E-state index in [1.807, 2.05) is 0 Å². The van der Waals surface area contributed by atoms with E-state index in [1.165, 1.54) is 0 Å². The Morgan fingerprint density at radius 1 is 1.33 bits per heavy atom. The van der Waals surface area contributed by atoms with Crippen molar-refractivity contribution in [1.82, 2.24) is 0 Å². The van der Waals surface area contributed by atoms with Gasteiger partial charge in [-0.3, -0.25) is 0 Å². The smallest absolute Gasteiger partial charge is 0.209 e. The van der Waals surface area contributed by atoms with Gasteiger partial charge in [-0.1, -0.05) is 0 Å². The molecule has 1 fully saturated rings. The largest absolute Gasteiger partial charge is 0.387 e. The van der Waals surface area contributed by atoms with Gasteiger partial charge < -0.3 is 20.1 Å². The number of hydrogen-bond acceptors (Lipinski definition) is 4.